The predicted octanol–water partition coefficient (Wildman–Crippen LogP) is 4.22. The van der Waals surface area contributed by atoms with Crippen LogP contribution in [0.2, 0.25) is 5.02 Å². The van der Waals surface area contributed by atoms with Crippen LogP contribution in [0.5, 0.6) is 11.9 Å². The highest BCUT2D eigenvalue weighted by Crippen LogP contribution is 2.40. The lowest BCUT2D eigenvalue weighted by Crippen LogP contribution is -2.11. The summed E-state index contributed by atoms with van der Waals surface area (Å²) in [6.45, 7) is 2.22. The third-order valence-electron chi connectivity index (χ3n) is 4.91. The minimum atomic E-state index is -1.09. The van der Waals surface area contributed by atoms with E-state index in [-0.39, 0.29) is 17.6 Å². The van der Waals surface area contributed by atoms with Crippen LogP contribution in [0.1, 0.15) is 21.7 Å². The fourth-order valence-electron chi connectivity index (χ4n) is 3.65. The maximum Gasteiger partial charge on any atom is 0.353 e. The van der Waals surface area contributed by atoms with E-state index < -0.39 is 5.97 Å². The number of benzene rings is 1. The first-order valence-electron chi connectivity index (χ1n) is 9.35. The molecule has 4 aromatic rings. The SMILES string of the molecule is COc1ncc(-c2c(C(=O)O)n(Cc3ccnc(C)c3)c3ccc(Cl)cc23)c(OC)n1. The third-order valence-corrected chi connectivity index (χ3v) is 5.14. The summed E-state index contributed by atoms with van der Waals surface area (Å²) < 4.78 is 12.2. The number of aromatic nitrogens is 4. The van der Waals surface area contributed by atoms with Crippen molar-refractivity contribution in [1.82, 2.24) is 19.5 Å². The van der Waals surface area contributed by atoms with Crippen LogP contribution < -0.4 is 9.47 Å². The molecule has 3 heterocycles. The van der Waals surface area contributed by atoms with Crippen molar-refractivity contribution in [1.29, 1.82) is 0 Å². The molecule has 4 rings (SSSR count). The summed E-state index contributed by atoms with van der Waals surface area (Å²) in [6.07, 6.45) is 3.20. The maximum absolute atomic E-state index is 12.5. The molecule has 31 heavy (non-hydrogen) atoms. The second-order valence-electron chi connectivity index (χ2n) is 6.86. The molecule has 158 valence electrons. The van der Waals surface area contributed by atoms with Crippen molar-refractivity contribution in [3.8, 4) is 23.0 Å². The van der Waals surface area contributed by atoms with E-state index >= 15 is 0 Å². The number of fused-ring (bicyclic) bond motifs is 1. The molecule has 0 radical (unpaired) electrons. The first-order valence-corrected chi connectivity index (χ1v) is 9.72. The van der Waals surface area contributed by atoms with Crippen LogP contribution in [0.15, 0.2) is 42.7 Å². The van der Waals surface area contributed by atoms with Gasteiger partial charge in [0, 0.05) is 46.1 Å². The van der Waals surface area contributed by atoms with Gasteiger partial charge in [-0.3, -0.25) is 4.98 Å². The molecule has 0 saturated heterocycles. The molecule has 1 N–H and O–H groups in total. The van der Waals surface area contributed by atoms with Gasteiger partial charge in [0.25, 0.3) is 0 Å². The van der Waals surface area contributed by atoms with Gasteiger partial charge < -0.3 is 19.1 Å². The standard InChI is InChI=1S/C22H19ClN4O4/c1-12-8-13(6-7-24-12)11-27-17-5-4-14(23)9-15(17)18(19(27)21(28)29)16-10-25-22(31-3)26-20(16)30-2/h4-10H,11H2,1-3H3,(H,28,29). The molecule has 0 spiro atoms. The van der Waals surface area contributed by atoms with E-state index in [9.17, 15) is 9.90 Å². The van der Waals surface area contributed by atoms with Crippen molar-refractivity contribution in [2.24, 2.45) is 0 Å². The minimum absolute atomic E-state index is 0.0822. The van der Waals surface area contributed by atoms with Crippen LogP contribution >= 0.6 is 11.6 Å². The molecule has 1 aromatic carbocycles. The number of carboxylic acids is 1. The Bertz CT molecular complexity index is 1300. The number of nitrogens with zero attached hydrogens (tertiary/aromatic N) is 4. The highest BCUT2D eigenvalue weighted by atomic mass is 35.5. The molecule has 0 atom stereocenters. The first kappa shape index (κ1) is 20.6. The largest absolute Gasteiger partial charge is 0.480 e. The van der Waals surface area contributed by atoms with E-state index in [0.717, 1.165) is 11.3 Å². The molecule has 0 unspecified atom stereocenters. The Labute approximate surface area is 183 Å². The monoisotopic (exact) mass is 438 g/mol. The van der Waals surface area contributed by atoms with Crippen LogP contribution in [0.25, 0.3) is 22.0 Å². The summed E-state index contributed by atoms with van der Waals surface area (Å²) in [5, 5.41) is 11.3. The second kappa shape index (κ2) is 8.23. The zero-order valence-corrected chi connectivity index (χ0v) is 17.8. The quantitative estimate of drug-likeness (QED) is 0.481. The summed E-state index contributed by atoms with van der Waals surface area (Å²) in [7, 11) is 2.90. The lowest BCUT2D eigenvalue weighted by molar-refractivity contribution is 0.0687. The molecule has 9 heteroatoms. The van der Waals surface area contributed by atoms with Crippen LogP contribution in [0.4, 0.5) is 0 Å². The molecule has 0 amide bonds. The zero-order chi connectivity index (χ0) is 22.1. The number of hydrogen-bond donors (Lipinski definition) is 1. The van der Waals surface area contributed by atoms with Gasteiger partial charge in [-0.1, -0.05) is 11.6 Å². The molecule has 0 aliphatic rings. The van der Waals surface area contributed by atoms with Crippen molar-refractivity contribution >= 4 is 28.5 Å². The van der Waals surface area contributed by atoms with Crippen molar-refractivity contribution in [3.63, 3.8) is 0 Å². The van der Waals surface area contributed by atoms with Gasteiger partial charge in [-0.05, 0) is 42.8 Å². The van der Waals surface area contributed by atoms with Crippen LogP contribution in [0.3, 0.4) is 0 Å². The van der Waals surface area contributed by atoms with Gasteiger partial charge in [0.05, 0.1) is 19.8 Å². The molecule has 0 aliphatic heterocycles. The topological polar surface area (TPSA) is 99.4 Å². The summed E-state index contributed by atoms with van der Waals surface area (Å²) in [5.74, 6) is -0.890. The van der Waals surface area contributed by atoms with E-state index in [0.29, 0.717) is 33.6 Å². The van der Waals surface area contributed by atoms with Gasteiger partial charge in [-0.2, -0.15) is 4.98 Å². The zero-order valence-electron chi connectivity index (χ0n) is 17.1. The molecule has 8 nitrogen and oxygen atoms in total. The Hall–Kier alpha value is -3.65. The molecular formula is C22H19ClN4O4. The number of carbonyl (C=O) groups is 1. The number of carboxylic acid groups (broad SMARTS) is 1. The van der Waals surface area contributed by atoms with Gasteiger partial charge in [0.2, 0.25) is 5.88 Å². The summed E-state index contributed by atoms with van der Waals surface area (Å²) in [5.41, 5.74) is 3.42. The van der Waals surface area contributed by atoms with Crippen LogP contribution in [-0.2, 0) is 6.54 Å². The van der Waals surface area contributed by atoms with Gasteiger partial charge in [0.1, 0.15) is 5.69 Å². The lowest BCUT2D eigenvalue weighted by Gasteiger charge is -2.11. The van der Waals surface area contributed by atoms with Crippen LogP contribution in [0, 0.1) is 6.92 Å². The number of rotatable bonds is 6. The number of aryl methyl sites for hydroxylation is 1. The maximum atomic E-state index is 12.5. The van der Waals surface area contributed by atoms with Crippen molar-refractivity contribution < 1.29 is 19.4 Å². The van der Waals surface area contributed by atoms with Gasteiger partial charge in [-0.15, -0.1) is 0 Å². The van der Waals surface area contributed by atoms with E-state index in [1.165, 1.54) is 20.4 Å². The number of methoxy groups -OCH3 is 2. The number of aromatic carboxylic acids is 1. The van der Waals surface area contributed by atoms with Gasteiger partial charge in [0.15, 0.2) is 0 Å². The van der Waals surface area contributed by atoms with E-state index in [1.54, 1.807) is 29.0 Å². The third kappa shape index (κ3) is 3.77. The van der Waals surface area contributed by atoms with Gasteiger partial charge >= 0.3 is 12.0 Å². The molecule has 0 fully saturated rings. The minimum Gasteiger partial charge on any atom is -0.480 e. The van der Waals surface area contributed by atoms with Crippen molar-refractivity contribution in [3.05, 3.63) is 64.7 Å². The van der Waals surface area contributed by atoms with E-state index in [1.807, 2.05) is 19.1 Å². The number of hydrogen-bond acceptors (Lipinski definition) is 6. The molecule has 0 aliphatic carbocycles. The normalized spacial score (nSPS) is 11.0. The lowest BCUT2D eigenvalue weighted by atomic mass is 10.0. The predicted molar refractivity (Wildman–Crippen MR) is 116 cm³/mol. The van der Waals surface area contributed by atoms with Gasteiger partial charge in [-0.25, -0.2) is 9.78 Å². The first-order chi connectivity index (χ1) is 14.9. The Morgan fingerprint density at radius 1 is 1.16 bits per heavy atom. The Morgan fingerprint density at radius 2 is 1.97 bits per heavy atom. The summed E-state index contributed by atoms with van der Waals surface area (Å²) in [6, 6.07) is 9.16. The smallest absolute Gasteiger partial charge is 0.353 e. The molecular weight excluding hydrogens is 420 g/mol. The number of ether oxygens (including phenoxy) is 2. The Balaban J connectivity index is 2.05. The average molecular weight is 439 g/mol. The number of pyridine rings is 1. The van der Waals surface area contributed by atoms with Crippen LogP contribution in [-0.4, -0.2) is 44.8 Å². The second-order valence-corrected chi connectivity index (χ2v) is 7.30. The fourth-order valence-corrected chi connectivity index (χ4v) is 3.82. The average Bonchev–Trinajstić information content (AvgIpc) is 3.06. The molecule has 0 saturated carbocycles. The highest BCUT2D eigenvalue weighted by Gasteiger charge is 2.27. The van der Waals surface area contributed by atoms with E-state index in [2.05, 4.69) is 15.0 Å². The Kier molecular flexibility index (Phi) is 5.48. The summed E-state index contributed by atoms with van der Waals surface area (Å²) in [4.78, 5) is 25.1. The molecule has 3 aromatic heterocycles. The Morgan fingerprint density at radius 3 is 2.65 bits per heavy atom. The highest BCUT2D eigenvalue weighted by molar-refractivity contribution is 6.31. The fraction of sp³-hybridized carbons (Fsp3) is 0.182. The van der Waals surface area contributed by atoms with Crippen molar-refractivity contribution in [2.75, 3.05) is 14.2 Å². The van der Waals surface area contributed by atoms with E-state index in [4.69, 9.17) is 21.1 Å². The number of halogens is 1. The summed E-state index contributed by atoms with van der Waals surface area (Å²) >= 11 is 6.27. The van der Waals surface area contributed by atoms with Crippen molar-refractivity contribution in [2.45, 2.75) is 13.5 Å². The molecule has 0 bridgehead atoms.